The lowest BCUT2D eigenvalue weighted by Gasteiger charge is -2.32. The third kappa shape index (κ3) is 5.47. The number of piperidine rings is 1. The normalized spacial score (nSPS) is 14.2. The molecule has 4 rings (SSSR count). The van der Waals surface area contributed by atoms with Gasteiger partial charge < -0.3 is 19.1 Å². The van der Waals surface area contributed by atoms with Gasteiger partial charge in [0.1, 0.15) is 21.7 Å². The van der Waals surface area contributed by atoms with Crippen LogP contribution in [-0.4, -0.2) is 48.2 Å². The number of aromatic nitrogens is 1. The average Bonchev–Trinajstić information content (AvgIpc) is 3.23. The molecule has 2 heterocycles. The van der Waals surface area contributed by atoms with Gasteiger partial charge in [-0.05, 0) is 57.2 Å². The first-order valence-electron chi connectivity index (χ1n) is 11.5. The van der Waals surface area contributed by atoms with Crippen LogP contribution in [0.2, 0.25) is 0 Å². The zero-order valence-electron chi connectivity index (χ0n) is 19.4. The maximum atomic E-state index is 13.2. The highest BCUT2D eigenvalue weighted by Crippen LogP contribution is 2.32. The molecule has 1 aromatic heterocycles. The summed E-state index contributed by atoms with van der Waals surface area (Å²) in [6.07, 6.45) is 1.64. The summed E-state index contributed by atoms with van der Waals surface area (Å²) >= 11 is 1.45. The van der Waals surface area contributed by atoms with Crippen molar-refractivity contribution in [2.24, 2.45) is 0 Å². The van der Waals surface area contributed by atoms with E-state index in [2.05, 4.69) is 4.98 Å². The van der Waals surface area contributed by atoms with Gasteiger partial charge in [-0.15, -0.1) is 11.3 Å². The first-order chi connectivity index (χ1) is 16.1. The molecular weight excluding hydrogens is 436 g/mol. The standard InChI is InChI=1S/C26H30N2O4S/c1-4-30-20-12-10-19(11-13-20)25-27-18(3)24(33-25)26(29)28-16-14-21(15-17-28)32-23-9-7-6-8-22(23)31-5-2/h6-13,21H,4-5,14-17H2,1-3H3. The molecule has 33 heavy (non-hydrogen) atoms. The van der Waals surface area contributed by atoms with Crippen LogP contribution < -0.4 is 14.2 Å². The maximum Gasteiger partial charge on any atom is 0.265 e. The Kier molecular flexibility index (Phi) is 7.50. The second-order valence-corrected chi connectivity index (χ2v) is 8.88. The third-order valence-electron chi connectivity index (χ3n) is 5.57. The molecule has 0 saturated carbocycles. The summed E-state index contributed by atoms with van der Waals surface area (Å²) in [4.78, 5) is 20.5. The molecule has 3 aromatic rings. The summed E-state index contributed by atoms with van der Waals surface area (Å²) < 4.78 is 17.4. The fourth-order valence-electron chi connectivity index (χ4n) is 3.90. The number of carbonyl (C=O) groups is 1. The number of likely N-dealkylation sites (tertiary alicyclic amines) is 1. The van der Waals surface area contributed by atoms with E-state index in [1.807, 2.05) is 74.2 Å². The Bertz CT molecular complexity index is 1070. The number of nitrogens with zero attached hydrogens (tertiary/aromatic N) is 2. The van der Waals surface area contributed by atoms with Crippen molar-refractivity contribution < 1.29 is 19.0 Å². The van der Waals surface area contributed by atoms with Gasteiger partial charge in [0.25, 0.3) is 5.91 Å². The van der Waals surface area contributed by atoms with Gasteiger partial charge in [-0.3, -0.25) is 4.79 Å². The molecule has 1 aliphatic heterocycles. The number of rotatable bonds is 8. The topological polar surface area (TPSA) is 60.9 Å². The largest absolute Gasteiger partial charge is 0.494 e. The van der Waals surface area contributed by atoms with Gasteiger partial charge >= 0.3 is 0 Å². The molecule has 1 fully saturated rings. The number of hydrogen-bond donors (Lipinski definition) is 0. The lowest BCUT2D eigenvalue weighted by Crippen LogP contribution is -2.41. The van der Waals surface area contributed by atoms with Crippen molar-refractivity contribution in [1.82, 2.24) is 9.88 Å². The quantitative estimate of drug-likeness (QED) is 0.432. The summed E-state index contributed by atoms with van der Waals surface area (Å²) in [7, 11) is 0. The summed E-state index contributed by atoms with van der Waals surface area (Å²) in [5.74, 6) is 2.41. The first-order valence-corrected chi connectivity index (χ1v) is 12.3. The Morgan fingerprint density at radius 3 is 2.33 bits per heavy atom. The van der Waals surface area contributed by atoms with Crippen LogP contribution in [-0.2, 0) is 0 Å². The number of carbonyl (C=O) groups excluding carboxylic acids is 1. The van der Waals surface area contributed by atoms with Gasteiger partial charge in [-0.1, -0.05) is 12.1 Å². The summed E-state index contributed by atoms with van der Waals surface area (Å²) in [6, 6.07) is 15.6. The van der Waals surface area contributed by atoms with Gasteiger partial charge in [0.05, 0.1) is 18.9 Å². The van der Waals surface area contributed by atoms with E-state index >= 15 is 0 Å². The molecule has 1 amide bonds. The third-order valence-corrected chi connectivity index (χ3v) is 6.77. The maximum absolute atomic E-state index is 13.2. The molecule has 0 atom stereocenters. The van der Waals surface area contributed by atoms with E-state index in [0.29, 0.717) is 31.2 Å². The van der Waals surface area contributed by atoms with Crippen LogP contribution in [0.1, 0.15) is 42.1 Å². The van der Waals surface area contributed by atoms with Gasteiger partial charge in [0.2, 0.25) is 0 Å². The number of para-hydroxylation sites is 2. The van der Waals surface area contributed by atoms with Crippen LogP contribution in [0, 0.1) is 6.92 Å². The van der Waals surface area contributed by atoms with Crippen molar-refractivity contribution in [3.8, 4) is 27.8 Å². The zero-order chi connectivity index (χ0) is 23.2. The van der Waals surface area contributed by atoms with Crippen molar-refractivity contribution in [1.29, 1.82) is 0 Å². The summed E-state index contributed by atoms with van der Waals surface area (Å²) in [5, 5.41) is 0.852. The minimum absolute atomic E-state index is 0.0513. The minimum atomic E-state index is 0.0513. The van der Waals surface area contributed by atoms with Crippen LogP contribution in [0.25, 0.3) is 10.6 Å². The van der Waals surface area contributed by atoms with E-state index in [4.69, 9.17) is 14.2 Å². The second-order valence-electron chi connectivity index (χ2n) is 7.88. The molecule has 1 aliphatic rings. The number of benzene rings is 2. The number of ether oxygens (including phenoxy) is 3. The lowest BCUT2D eigenvalue weighted by atomic mass is 10.1. The molecular formula is C26H30N2O4S. The number of amides is 1. The predicted molar refractivity (Wildman–Crippen MR) is 131 cm³/mol. The van der Waals surface area contributed by atoms with E-state index in [9.17, 15) is 4.79 Å². The first kappa shape index (κ1) is 23.1. The predicted octanol–water partition coefficient (Wildman–Crippen LogP) is 5.60. The zero-order valence-corrected chi connectivity index (χ0v) is 20.2. The van der Waals surface area contributed by atoms with Crippen molar-refractivity contribution in [3.05, 3.63) is 59.1 Å². The Morgan fingerprint density at radius 1 is 1.00 bits per heavy atom. The molecule has 0 radical (unpaired) electrons. The highest BCUT2D eigenvalue weighted by molar-refractivity contribution is 7.17. The molecule has 0 bridgehead atoms. The molecule has 0 N–H and O–H groups in total. The van der Waals surface area contributed by atoms with Crippen LogP contribution in [0.3, 0.4) is 0 Å². The number of aryl methyl sites for hydroxylation is 1. The van der Waals surface area contributed by atoms with Gasteiger partial charge in [0, 0.05) is 31.5 Å². The Balaban J connectivity index is 1.38. The van der Waals surface area contributed by atoms with E-state index in [1.165, 1.54) is 11.3 Å². The van der Waals surface area contributed by atoms with Crippen molar-refractivity contribution in [3.63, 3.8) is 0 Å². The fraction of sp³-hybridized carbons (Fsp3) is 0.385. The van der Waals surface area contributed by atoms with Gasteiger partial charge in [0.15, 0.2) is 11.5 Å². The molecule has 0 aliphatic carbocycles. The summed E-state index contributed by atoms with van der Waals surface area (Å²) in [6.45, 7) is 8.39. The van der Waals surface area contributed by atoms with Crippen molar-refractivity contribution >= 4 is 17.2 Å². The van der Waals surface area contributed by atoms with E-state index < -0.39 is 0 Å². The Morgan fingerprint density at radius 2 is 1.67 bits per heavy atom. The molecule has 2 aromatic carbocycles. The Hall–Kier alpha value is -3.06. The van der Waals surface area contributed by atoms with Gasteiger partial charge in [-0.25, -0.2) is 4.98 Å². The molecule has 7 heteroatoms. The smallest absolute Gasteiger partial charge is 0.265 e. The van der Waals surface area contributed by atoms with E-state index in [-0.39, 0.29) is 12.0 Å². The van der Waals surface area contributed by atoms with Gasteiger partial charge in [-0.2, -0.15) is 0 Å². The molecule has 6 nitrogen and oxygen atoms in total. The van der Waals surface area contributed by atoms with Crippen LogP contribution in [0.15, 0.2) is 48.5 Å². The SMILES string of the molecule is CCOc1ccc(-c2nc(C)c(C(=O)N3CCC(Oc4ccccc4OCC)CC3)s2)cc1. The second kappa shape index (κ2) is 10.7. The van der Waals surface area contributed by atoms with E-state index in [1.54, 1.807) is 0 Å². The number of hydrogen-bond acceptors (Lipinski definition) is 6. The Labute approximate surface area is 199 Å². The van der Waals surface area contributed by atoms with Crippen LogP contribution >= 0.6 is 11.3 Å². The molecule has 1 saturated heterocycles. The fourth-order valence-corrected chi connectivity index (χ4v) is 4.94. The van der Waals surface area contributed by atoms with Crippen molar-refractivity contribution in [2.45, 2.75) is 39.7 Å². The number of thiazole rings is 1. The van der Waals surface area contributed by atoms with Crippen LogP contribution in [0.4, 0.5) is 0 Å². The molecule has 0 spiro atoms. The summed E-state index contributed by atoms with van der Waals surface area (Å²) in [5.41, 5.74) is 1.77. The monoisotopic (exact) mass is 466 g/mol. The highest BCUT2D eigenvalue weighted by Gasteiger charge is 2.28. The molecule has 0 unspecified atom stereocenters. The highest BCUT2D eigenvalue weighted by atomic mass is 32.1. The average molecular weight is 467 g/mol. The molecule has 174 valence electrons. The van der Waals surface area contributed by atoms with E-state index in [0.717, 1.165) is 46.4 Å². The minimum Gasteiger partial charge on any atom is -0.494 e. The van der Waals surface area contributed by atoms with Crippen LogP contribution in [0.5, 0.6) is 17.2 Å². The lowest BCUT2D eigenvalue weighted by molar-refractivity contribution is 0.0593. The van der Waals surface area contributed by atoms with Crippen molar-refractivity contribution in [2.75, 3.05) is 26.3 Å².